The smallest absolute Gasteiger partial charge is 0.0820 e. The summed E-state index contributed by atoms with van der Waals surface area (Å²) in [6.45, 7) is 4.17. The van der Waals surface area contributed by atoms with Gasteiger partial charge in [0.2, 0.25) is 0 Å². The fourth-order valence-electron chi connectivity index (χ4n) is 1.71. The van der Waals surface area contributed by atoms with Gasteiger partial charge in [-0.3, -0.25) is 10.8 Å². The molecule has 2 aromatic rings. The average Bonchev–Trinajstić information content (AvgIpc) is 2.69. The molecule has 4 heteroatoms. The highest BCUT2D eigenvalue weighted by atomic mass is 32.1. The highest BCUT2D eigenvalue weighted by Gasteiger charge is 2.16. The molecule has 84 valence electrons. The summed E-state index contributed by atoms with van der Waals surface area (Å²) in [6.07, 6.45) is 3.67. The molecule has 3 N–H and O–H groups in total. The summed E-state index contributed by atoms with van der Waals surface area (Å²) in [5, 5.41) is 0. The van der Waals surface area contributed by atoms with Gasteiger partial charge in [0.15, 0.2) is 0 Å². The SMILES string of the molecule is Cc1ccc(C(NN)c2cnccc2C)s1. The fraction of sp³-hybridized carbons (Fsp3) is 0.250. The van der Waals surface area contributed by atoms with Crippen molar-refractivity contribution >= 4 is 11.3 Å². The molecule has 0 radical (unpaired) electrons. The number of thiophene rings is 1. The number of nitrogens with two attached hydrogens (primary N) is 1. The zero-order valence-corrected chi connectivity index (χ0v) is 10.2. The van der Waals surface area contributed by atoms with E-state index in [1.165, 1.54) is 15.3 Å². The standard InChI is InChI=1S/C12H15N3S/c1-8-5-6-14-7-10(8)12(15-13)11-4-3-9(2)16-11/h3-7,12,15H,13H2,1-2H3. The second-order valence-electron chi connectivity index (χ2n) is 3.78. The summed E-state index contributed by atoms with van der Waals surface area (Å²) in [5.41, 5.74) is 5.19. The summed E-state index contributed by atoms with van der Waals surface area (Å²) in [5.74, 6) is 5.64. The Balaban J connectivity index is 2.40. The Hall–Kier alpha value is -1.23. The van der Waals surface area contributed by atoms with Gasteiger partial charge in [-0.15, -0.1) is 11.3 Å². The van der Waals surface area contributed by atoms with Crippen LogP contribution in [-0.2, 0) is 0 Å². The van der Waals surface area contributed by atoms with Crippen molar-refractivity contribution in [2.45, 2.75) is 19.9 Å². The number of aromatic nitrogens is 1. The molecule has 0 saturated carbocycles. The molecular formula is C12H15N3S. The van der Waals surface area contributed by atoms with E-state index >= 15 is 0 Å². The van der Waals surface area contributed by atoms with Crippen molar-refractivity contribution in [3.05, 3.63) is 51.5 Å². The molecule has 2 aromatic heterocycles. The van der Waals surface area contributed by atoms with Crippen LogP contribution < -0.4 is 11.3 Å². The van der Waals surface area contributed by atoms with Crippen molar-refractivity contribution in [3.63, 3.8) is 0 Å². The Morgan fingerprint density at radius 3 is 2.69 bits per heavy atom. The molecule has 1 unspecified atom stereocenters. The molecule has 0 bridgehead atoms. The van der Waals surface area contributed by atoms with Gasteiger partial charge >= 0.3 is 0 Å². The minimum Gasteiger partial charge on any atom is -0.271 e. The van der Waals surface area contributed by atoms with Gasteiger partial charge < -0.3 is 0 Å². The molecule has 0 aliphatic rings. The molecule has 0 fully saturated rings. The van der Waals surface area contributed by atoms with E-state index < -0.39 is 0 Å². The monoisotopic (exact) mass is 233 g/mol. The van der Waals surface area contributed by atoms with Gasteiger partial charge in [0.25, 0.3) is 0 Å². The fourth-order valence-corrected chi connectivity index (χ4v) is 2.67. The van der Waals surface area contributed by atoms with E-state index in [9.17, 15) is 0 Å². The molecule has 1 atom stereocenters. The van der Waals surface area contributed by atoms with Gasteiger partial charge in [-0.1, -0.05) is 0 Å². The molecule has 0 amide bonds. The van der Waals surface area contributed by atoms with E-state index in [1.54, 1.807) is 17.5 Å². The number of hydrazine groups is 1. The van der Waals surface area contributed by atoms with Gasteiger partial charge in [0, 0.05) is 22.1 Å². The lowest BCUT2D eigenvalue weighted by Crippen LogP contribution is -2.28. The summed E-state index contributed by atoms with van der Waals surface area (Å²) >= 11 is 1.75. The van der Waals surface area contributed by atoms with Crippen LogP contribution in [0.4, 0.5) is 0 Å². The molecule has 0 aliphatic carbocycles. The maximum Gasteiger partial charge on any atom is 0.0820 e. The van der Waals surface area contributed by atoms with Gasteiger partial charge in [0.1, 0.15) is 0 Å². The van der Waals surface area contributed by atoms with Gasteiger partial charge in [-0.05, 0) is 43.2 Å². The third kappa shape index (κ3) is 2.14. The third-order valence-corrected chi connectivity index (χ3v) is 3.67. The van der Waals surface area contributed by atoms with Crippen molar-refractivity contribution < 1.29 is 0 Å². The highest BCUT2D eigenvalue weighted by Crippen LogP contribution is 2.28. The van der Waals surface area contributed by atoms with Crippen LogP contribution in [0.1, 0.15) is 26.9 Å². The Morgan fingerprint density at radius 2 is 2.12 bits per heavy atom. The number of hydrogen-bond acceptors (Lipinski definition) is 4. The molecule has 0 saturated heterocycles. The van der Waals surface area contributed by atoms with Crippen LogP contribution in [0.2, 0.25) is 0 Å². The summed E-state index contributed by atoms with van der Waals surface area (Å²) < 4.78 is 0. The third-order valence-electron chi connectivity index (χ3n) is 2.60. The lowest BCUT2D eigenvalue weighted by Gasteiger charge is -2.16. The molecule has 2 rings (SSSR count). The van der Waals surface area contributed by atoms with Crippen LogP contribution in [0, 0.1) is 13.8 Å². The second kappa shape index (κ2) is 4.74. The summed E-state index contributed by atoms with van der Waals surface area (Å²) in [6, 6.07) is 6.25. The molecular weight excluding hydrogens is 218 g/mol. The first-order valence-corrected chi connectivity index (χ1v) is 5.97. The van der Waals surface area contributed by atoms with Gasteiger partial charge in [0.05, 0.1) is 6.04 Å². The molecule has 0 aromatic carbocycles. The van der Waals surface area contributed by atoms with E-state index in [1.807, 2.05) is 12.3 Å². The van der Waals surface area contributed by atoms with Gasteiger partial charge in [-0.2, -0.15) is 0 Å². The Bertz CT molecular complexity index is 479. The van der Waals surface area contributed by atoms with Crippen molar-refractivity contribution in [3.8, 4) is 0 Å². The number of pyridine rings is 1. The maximum atomic E-state index is 5.64. The Kier molecular flexibility index (Phi) is 3.33. The van der Waals surface area contributed by atoms with E-state index in [0.717, 1.165) is 5.56 Å². The van der Waals surface area contributed by atoms with Crippen molar-refractivity contribution in [2.75, 3.05) is 0 Å². The molecule has 0 spiro atoms. The highest BCUT2D eigenvalue weighted by molar-refractivity contribution is 7.12. The first-order chi connectivity index (χ1) is 7.72. The van der Waals surface area contributed by atoms with Crippen LogP contribution in [0.3, 0.4) is 0 Å². The van der Waals surface area contributed by atoms with Crippen LogP contribution in [-0.4, -0.2) is 4.98 Å². The predicted octanol–water partition coefficient (Wildman–Crippen LogP) is 2.31. The number of nitrogens with zero attached hydrogens (tertiary/aromatic N) is 1. The topological polar surface area (TPSA) is 50.9 Å². The molecule has 3 nitrogen and oxygen atoms in total. The molecule has 0 aliphatic heterocycles. The van der Waals surface area contributed by atoms with Crippen molar-refractivity contribution in [1.29, 1.82) is 0 Å². The van der Waals surface area contributed by atoms with Crippen molar-refractivity contribution in [1.82, 2.24) is 10.4 Å². The van der Waals surface area contributed by atoms with E-state index in [0.29, 0.717) is 0 Å². The maximum absolute atomic E-state index is 5.64. The van der Waals surface area contributed by atoms with Crippen LogP contribution in [0.25, 0.3) is 0 Å². The predicted molar refractivity (Wildman–Crippen MR) is 67.2 cm³/mol. The minimum absolute atomic E-state index is 0.0346. The first-order valence-electron chi connectivity index (χ1n) is 5.15. The number of aryl methyl sites for hydroxylation is 2. The number of rotatable bonds is 3. The van der Waals surface area contributed by atoms with Crippen LogP contribution >= 0.6 is 11.3 Å². The quantitative estimate of drug-likeness (QED) is 0.632. The van der Waals surface area contributed by atoms with E-state index in [4.69, 9.17) is 5.84 Å². The van der Waals surface area contributed by atoms with E-state index in [-0.39, 0.29) is 6.04 Å². The Labute approximate surface area is 99.3 Å². The summed E-state index contributed by atoms with van der Waals surface area (Å²) in [7, 11) is 0. The summed E-state index contributed by atoms with van der Waals surface area (Å²) in [4.78, 5) is 6.66. The zero-order valence-electron chi connectivity index (χ0n) is 9.40. The lowest BCUT2D eigenvalue weighted by molar-refractivity contribution is 0.641. The number of hydrogen-bond donors (Lipinski definition) is 2. The van der Waals surface area contributed by atoms with E-state index in [2.05, 4.69) is 36.4 Å². The molecule has 2 heterocycles. The van der Waals surface area contributed by atoms with Crippen molar-refractivity contribution in [2.24, 2.45) is 5.84 Å². The Morgan fingerprint density at radius 1 is 1.31 bits per heavy atom. The average molecular weight is 233 g/mol. The minimum atomic E-state index is 0.0346. The molecule has 16 heavy (non-hydrogen) atoms. The van der Waals surface area contributed by atoms with Crippen LogP contribution in [0.15, 0.2) is 30.6 Å². The number of nitrogens with one attached hydrogen (secondary N) is 1. The second-order valence-corrected chi connectivity index (χ2v) is 5.10. The van der Waals surface area contributed by atoms with Crippen LogP contribution in [0.5, 0.6) is 0 Å². The zero-order chi connectivity index (χ0) is 11.5. The van der Waals surface area contributed by atoms with Gasteiger partial charge in [-0.25, -0.2) is 5.43 Å². The largest absolute Gasteiger partial charge is 0.271 e. The lowest BCUT2D eigenvalue weighted by atomic mass is 10.0. The first kappa shape index (κ1) is 11.3. The normalized spacial score (nSPS) is 12.7.